The van der Waals surface area contributed by atoms with Gasteiger partial charge in [0, 0.05) is 23.2 Å². The van der Waals surface area contributed by atoms with Crippen molar-refractivity contribution in [1.29, 1.82) is 0 Å². The molecule has 0 saturated carbocycles. The predicted octanol–water partition coefficient (Wildman–Crippen LogP) is 3.61. The van der Waals surface area contributed by atoms with Crippen LogP contribution in [0.2, 0.25) is 5.02 Å². The Hall–Kier alpha value is -1.32. The van der Waals surface area contributed by atoms with Crippen LogP contribution in [0.3, 0.4) is 0 Å². The van der Waals surface area contributed by atoms with Gasteiger partial charge in [0.25, 0.3) is 0 Å². The number of nitrogens with zero attached hydrogens (tertiary/aromatic N) is 2. The first kappa shape index (κ1) is 14.1. The third-order valence-corrected chi connectivity index (χ3v) is 3.47. The van der Waals surface area contributed by atoms with Crippen molar-refractivity contribution in [2.75, 3.05) is 26.2 Å². The molecular formula is C15H19ClN2O. The molecule has 19 heavy (non-hydrogen) atoms. The van der Waals surface area contributed by atoms with Crippen LogP contribution in [0.15, 0.2) is 30.5 Å². The van der Waals surface area contributed by atoms with E-state index >= 15 is 0 Å². The van der Waals surface area contributed by atoms with E-state index in [1.165, 1.54) is 0 Å². The Morgan fingerprint density at radius 2 is 2.00 bits per heavy atom. The molecule has 0 N–H and O–H groups in total. The molecule has 4 heteroatoms. The van der Waals surface area contributed by atoms with Gasteiger partial charge in [-0.1, -0.05) is 31.5 Å². The van der Waals surface area contributed by atoms with E-state index in [-0.39, 0.29) is 0 Å². The Bertz CT molecular complexity index is 541. The van der Waals surface area contributed by atoms with Crippen LogP contribution in [-0.4, -0.2) is 36.1 Å². The van der Waals surface area contributed by atoms with Crippen LogP contribution in [0, 0.1) is 0 Å². The second-order valence-corrected chi connectivity index (χ2v) is 4.79. The molecule has 0 atom stereocenters. The third-order valence-electron chi connectivity index (χ3n) is 3.23. The fraction of sp³-hybridized carbons (Fsp3) is 0.400. The Morgan fingerprint density at radius 1 is 1.21 bits per heavy atom. The maximum atomic E-state index is 6.03. The van der Waals surface area contributed by atoms with E-state index in [1.807, 2.05) is 24.3 Å². The standard InChI is InChI=1S/C15H19ClN2O/c1-3-18(4-2)9-10-19-15-14-11-13(16)6-5-12(14)7-8-17-15/h5-8,11H,3-4,9-10H2,1-2H3. The fourth-order valence-electron chi connectivity index (χ4n) is 2.04. The molecule has 0 aliphatic heterocycles. The first-order valence-corrected chi connectivity index (χ1v) is 7.01. The van der Waals surface area contributed by atoms with Crippen molar-refractivity contribution in [3.05, 3.63) is 35.5 Å². The molecule has 3 nitrogen and oxygen atoms in total. The third kappa shape index (κ3) is 3.58. The van der Waals surface area contributed by atoms with E-state index in [4.69, 9.17) is 16.3 Å². The highest BCUT2D eigenvalue weighted by molar-refractivity contribution is 6.31. The molecule has 2 rings (SSSR count). The van der Waals surface area contributed by atoms with E-state index in [0.29, 0.717) is 17.5 Å². The zero-order valence-corrected chi connectivity index (χ0v) is 12.2. The normalized spacial score (nSPS) is 11.2. The van der Waals surface area contributed by atoms with Crippen LogP contribution in [0.4, 0.5) is 0 Å². The van der Waals surface area contributed by atoms with Crippen LogP contribution in [0.25, 0.3) is 10.8 Å². The van der Waals surface area contributed by atoms with Crippen molar-refractivity contribution < 1.29 is 4.74 Å². The fourth-order valence-corrected chi connectivity index (χ4v) is 2.21. The first-order valence-electron chi connectivity index (χ1n) is 6.64. The number of hydrogen-bond acceptors (Lipinski definition) is 3. The summed E-state index contributed by atoms with van der Waals surface area (Å²) < 4.78 is 5.80. The van der Waals surface area contributed by atoms with Crippen LogP contribution < -0.4 is 4.74 Å². The molecule has 0 saturated heterocycles. The monoisotopic (exact) mass is 278 g/mol. The Morgan fingerprint density at radius 3 is 2.74 bits per heavy atom. The van der Waals surface area contributed by atoms with Crippen LogP contribution in [0.5, 0.6) is 5.88 Å². The van der Waals surface area contributed by atoms with Gasteiger partial charge in [-0.15, -0.1) is 0 Å². The van der Waals surface area contributed by atoms with Gasteiger partial charge in [0.05, 0.1) is 0 Å². The highest BCUT2D eigenvalue weighted by Crippen LogP contribution is 2.25. The van der Waals surface area contributed by atoms with Gasteiger partial charge in [0.1, 0.15) is 6.61 Å². The summed E-state index contributed by atoms with van der Waals surface area (Å²) in [6.45, 7) is 7.92. The predicted molar refractivity (Wildman–Crippen MR) is 80.0 cm³/mol. The zero-order valence-electron chi connectivity index (χ0n) is 11.4. The lowest BCUT2D eigenvalue weighted by Crippen LogP contribution is -2.28. The molecule has 102 valence electrons. The number of aromatic nitrogens is 1. The maximum Gasteiger partial charge on any atom is 0.221 e. The Kier molecular flexibility index (Phi) is 5.00. The van der Waals surface area contributed by atoms with Gasteiger partial charge in [-0.25, -0.2) is 4.98 Å². The first-order chi connectivity index (χ1) is 9.24. The molecule has 0 aliphatic carbocycles. The van der Waals surface area contributed by atoms with Gasteiger partial charge in [0.2, 0.25) is 5.88 Å². The van der Waals surface area contributed by atoms with Crippen molar-refractivity contribution >= 4 is 22.4 Å². The summed E-state index contributed by atoms with van der Waals surface area (Å²) in [4.78, 5) is 6.61. The lowest BCUT2D eigenvalue weighted by atomic mass is 10.2. The van der Waals surface area contributed by atoms with Crippen LogP contribution in [-0.2, 0) is 0 Å². The molecule has 2 aromatic rings. The lowest BCUT2D eigenvalue weighted by Gasteiger charge is -2.18. The van der Waals surface area contributed by atoms with Crippen LogP contribution >= 0.6 is 11.6 Å². The summed E-state index contributed by atoms with van der Waals surface area (Å²) in [5, 5.41) is 2.76. The largest absolute Gasteiger partial charge is 0.476 e. The maximum absolute atomic E-state index is 6.03. The minimum Gasteiger partial charge on any atom is -0.476 e. The summed E-state index contributed by atoms with van der Waals surface area (Å²) in [7, 11) is 0. The Labute approximate surface area is 119 Å². The minimum absolute atomic E-state index is 0.639. The summed E-state index contributed by atoms with van der Waals surface area (Å²) in [6.07, 6.45) is 1.77. The number of halogens is 1. The Balaban J connectivity index is 2.10. The molecule has 0 fully saturated rings. The smallest absolute Gasteiger partial charge is 0.221 e. The second kappa shape index (κ2) is 6.73. The highest BCUT2D eigenvalue weighted by atomic mass is 35.5. The average Bonchev–Trinajstić information content (AvgIpc) is 2.44. The quantitative estimate of drug-likeness (QED) is 0.807. The zero-order chi connectivity index (χ0) is 13.7. The highest BCUT2D eigenvalue weighted by Gasteiger charge is 2.05. The van der Waals surface area contributed by atoms with Crippen molar-refractivity contribution in [1.82, 2.24) is 9.88 Å². The molecular weight excluding hydrogens is 260 g/mol. The minimum atomic E-state index is 0.639. The van der Waals surface area contributed by atoms with Gasteiger partial charge in [-0.3, -0.25) is 0 Å². The van der Waals surface area contributed by atoms with Crippen molar-refractivity contribution in [2.24, 2.45) is 0 Å². The summed E-state index contributed by atoms with van der Waals surface area (Å²) in [6, 6.07) is 7.72. The van der Waals surface area contributed by atoms with E-state index in [2.05, 4.69) is 23.7 Å². The molecule has 1 heterocycles. The van der Waals surface area contributed by atoms with E-state index < -0.39 is 0 Å². The van der Waals surface area contributed by atoms with Gasteiger partial charge < -0.3 is 9.64 Å². The molecule has 1 aromatic heterocycles. The van der Waals surface area contributed by atoms with Gasteiger partial charge in [-0.05, 0) is 36.7 Å². The summed E-state index contributed by atoms with van der Waals surface area (Å²) in [5.74, 6) is 0.659. The van der Waals surface area contributed by atoms with Crippen molar-refractivity contribution in [3.63, 3.8) is 0 Å². The molecule has 0 spiro atoms. The second-order valence-electron chi connectivity index (χ2n) is 4.36. The molecule has 1 aromatic carbocycles. The van der Waals surface area contributed by atoms with E-state index in [0.717, 1.165) is 30.4 Å². The molecule has 0 radical (unpaired) electrons. The lowest BCUT2D eigenvalue weighted by molar-refractivity contribution is 0.219. The summed E-state index contributed by atoms with van der Waals surface area (Å²) in [5.41, 5.74) is 0. The molecule has 0 bridgehead atoms. The van der Waals surface area contributed by atoms with Crippen molar-refractivity contribution in [3.8, 4) is 5.88 Å². The summed E-state index contributed by atoms with van der Waals surface area (Å²) >= 11 is 6.03. The van der Waals surface area contributed by atoms with Gasteiger partial charge in [0.15, 0.2) is 0 Å². The number of benzene rings is 1. The number of likely N-dealkylation sites (N-methyl/N-ethyl adjacent to an activating group) is 1. The van der Waals surface area contributed by atoms with E-state index in [1.54, 1.807) is 6.20 Å². The van der Waals surface area contributed by atoms with Gasteiger partial charge >= 0.3 is 0 Å². The number of pyridine rings is 1. The topological polar surface area (TPSA) is 25.4 Å². The van der Waals surface area contributed by atoms with Gasteiger partial charge in [-0.2, -0.15) is 0 Å². The number of rotatable bonds is 6. The van der Waals surface area contributed by atoms with Crippen molar-refractivity contribution in [2.45, 2.75) is 13.8 Å². The van der Waals surface area contributed by atoms with E-state index in [9.17, 15) is 0 Å². The number of ether oxygens (including phenoxy) is 1. The molecule has 0 amide bonds. The molecule has 0 unspecified atom stereocenters. The average molecular weight is 279 g/mol. The molecule has 0 aliphatic rings. The number of hydrogen-bond donors (Lipinski definition) is 0. The SMILES string of the molecule is CCN(CC)CCOc1nccc2ccc(Cl)cc12. The number of fused-ring (bicyclic) bond motifs is 1. The van der Waals surface area contributed by atoms with Crippen LogP contribution in [0.1, 0.15) is 13.8 Å².